The molecule has 5 nitrogen and oxygen atoms in total. The number of benzene rings is 1. The van der Waals surface area contributed by atoms with Crippen molar-refractivity contribution in [1.29, 1.82) is 0 Å². The second kappa shape index (κ2) is 6.56. The van der Waals surface area contributed by atoms with E-state index >= 15 is 0 Å². The van der Waals surface area contributed by atoms with Gasteiger partial charge in [-0.3, -0.25) is 4.79 Å². The molecule has 1 heterocycles. The highest BCUT2D eigenvalue weighted by Gasteiger charge is 2.28. The van der Waals surface area contributed by atoms with Gasteiger partial charge in [0.15, 0.2) is 5.11 Å². The van der Waals surface area contributed by atoms with Crippen LogP contribution in [0.15, 0.2) is 24.3 Å². The van der Waals surface area contributed by atoms with Crippen LogP contribution in [0.4, 0.5) is 5.69 Å². The Morgan fingerprint density at radius 3 is 3.00 bits per heavy atom. The smallest absolute Gasteiger partial charge is 0.240 e. The molecule has 0 aromatic heterocycles. The van der Waals surface area contributed by atoms with E-state index in [1.807, 2.05) is 29.2 Å². The lowest BCUT2D eigenvalue weighted by Gasteiger charge is -2.35. The molecule has 1 fully saturated rings. The van der Waals surface area contributed by atoms with Crippen LogP contribution in [0.2, 0.25) is 0 Å². The first-order chi connectivity index (χ1) is 9.61. The number of ether oxygens (including phenoxy) is 1. The molecule has 0 bridgehead atoms. The van der Waals surface area contributed by atoms with Gasteiger partial charge in [-0.25, -0.2) is 0 Å². The first-order valence-corrected chi connectivity index (χ1v) is 7.03. The molecule has 1 aromatic rings. The van der Waals surface area contributed by atoms with Crippen LogP contribution < -0.4 is 15.8 Å². The zero-order valence-electron chi connectivity index (χ0n) is 11.5. The Hall–Kier alpha value is -1.82. The third-order valence-corrected chi connectivity index (χ3v) is 3.75. The number of rotatable bonds is 3. The number of thiocarbonyl (C=S) groups is 1. The summed E-state index contributed by atoms with van der Waals surface area (Å²) in [7, 11) is 1.62. The molecule has 1 aliphatic heterocycles. The van der Waals surface area contributed by atoms with Crippen LogP contribution in [-0.4, -0.2) is 35.6 Å². The molecule has 0 radical (unpaired) electrons. The minimum Gasteiger partial charge on any atom is -0.497 e. The van der Waals surface area contributed by atoms with E-state index in [0.29, 0.717) is 5.11 Å². The maximum atomic E-state index is 11.5. The first-order valence-electron chi connectivity index (χ1n) is 6.63. The van der Waals surface area contributed by atoms with Crippen molar-refractivity contribution >= 4 is 28.9 Å². The number of nitrogens with one attached hydrogen (secondary N) is 1. The van der Waals surface area contributed by atoms with Gasteiger partial charge in [-0.15, -0.1) is 0 Å². The number of amides is 1. The number of hydrogen-bond acceptors (Lipinski definition) is 3. The van der Waals surface area contributed by atoms with Crippen LogP contribution in [0.1, 0.15) is 19.3 Å². The molecule has 1 amide bonds. The Morgan fingerprint density at radius 1 is 1.50 bits per heavy atom. The summed E-state index contributed by atoms with van der Waals surface area (Å²) in [6, 6.07) is 7.19. The predicted molar refractivity (Wildman–Crippen MR) is 82.8 cm³/mol. The highest BCUT2D eigenvalue weighted by Crippen LogP contribution is 2.20. The van der Waals surface area contributed by atoms with Crippen molar-refractivity contribution in [2.24, 2.45) is 5.73 Å². The highest BCUT2D eigenvalue weighted by molar-refractivity contribution is 7.80. The fraction of sp³-hybridized carbons (Fsp3) is 0.429. The van der Waals surface area contributed by atoms with Crippen molar-refractivity contribution in [1.82, 2.24) is 4.90 Å². The number of hydrogen-bond donors (Lipinski definition) is 2. The van der Waals surface area contributed by atoms with Crippen molar-refractivity contribution in [3.8, 4) is 5.75 Å². The van der Waals surface area contributed by atoms with Crippen LogP contribution in [0, 0.1) is 0 Å². The SMILES string of the molecule is COc1cccc(NC(=S)N2CCCC[C@@H]2C(N)=O)c1. The molecule has 108 valence electrons. The van der Waals surface area contributed by atoms with Crippen molar-refractivity contribution in [3.05, 3.63) is 24.3 Å². The molecule has 3 N–H and O–H groups in total. The van der Waals surface area contributed by atoms with Crippen LogP contribution in [0.3, 0.4) is 0 Å². The normalized spacial score (nSPS) is 18.4. The van der Waals surface area contributed by atoms with Crippen molar-refractivity contribution in [3.63, 3.8) is 0 Å². The Balaban J connectivity index is 2.07. The van der Waals surface area contributed by atoms with Crippen LogP contribution in [0.25, 0.3) is 0 Å². The molecule has 1 aliphatic rings. The zero-order valence-corrected chi connectivity index (χ0v) is 12.3. The molecule has 1 saturated heterocycles. The van der Waals surface area contributed by atoms with Gasteiger partial charge in [-0.2, -0.15) is 0 Å². The highest BCUT2D eigenvalue weighted by atomic mass is 32.1. The van der Waals surface area contributed by atoms with E-state index < -0.39 is 0 Å². The van der Waals surface area contributed by atoms with E-state index in [1.165, 1.54) is 0 Å². The first kappa shape index (κ1) is 14.6. The molecule has 0 saturated carbocycles. The third kappa shape index (κ3) is 3.39. The Kier molecular flexibility index (Phi) is 4.79. The van der Waals surface area contributed by atoms with Crippen molar-refractivity contribution in [2.75, 3.05) is 19.0 Å². The van der Waals surface area contributed by atoms with E-state index in [-0.39, 0.29) is 11.9 Å². The summed E-state index contributed by atoms with van der Waals surface area (Å²) < 4.78 is 5.17. The lowest BCUT2D eigenvalue weighted by molar-refractivity contribution is -0.122. The third-order valence-electron chi connectivity index (χ3n) is 3.41. The van der Waals surface area contributed by atoms with Gasteiger partial charge < -0.3 is 20.7 Å². The molecule has 0 spiro atoms. The molecular weight excluding hydrogens is 274 g/mol. The summed E-state index contributed by atoms with van der Waals surface area (Å²) in [4.78, 5) is 13.4. The minimum absolute atomic E-state index is 0.311. The monoisotopic (exact) mass is 293 g/mol. The van der Waals surface area contributed by atoms with Gasteiger partial charge in [0.1, 0.15) is 11.8 Å². The molecule has 20 heavy (non-hydrogen) atoms. The maximum Gasteiger partial charge on any atom is 0.240 e. The van der Waals surface area contributed by atoms with E-state index in [2.05, 4.69) is 5.32 Å². The Bertz CT molecular complexity index is 507. The fourth-order valence-electron chi connectivity index (χ4n) is 2.37. The summed E-state index contributed by atoms with van der Waals surface area (Å²) in [5.41, 5.74) is 6.28. The predicted octanol–water partition coefficient (Wildman–Crippen LogP) is 1.73. The van der Waals surface area contributed by atoms with E-state index in [4.69, 9.17) is 22.7 Å². The van der Waals surface area contributed by atoms with Crippen molar-refractivity contribution < 1.29 is 9.53 Å². The van der Waals surface area contributed by atoms with Gasteiger partial charge in [-0.05, 0) is 43.6 Å². The van der Waals surface area contributed by atoms with Gasteiger partial charge in [0, 0.05) is 18.3 Å². The largest absolute Gasteiger partial charge is 0.497 e. The van der Waals surface area contributed by atoms with E-state index in [0.717, 1.165) is 37.2 Å². The average Bonchev–Trinajstić information content (AvgIpc) is 2.47. The number of carbonyl (C=O) groups is 1. The Labute approximate surface area is 124 Å². The number of nitrogens with zero attached hydrogens (tertiary/aromatic N) is 1. The summed E-state index contributed by atoms with van der Waals surface area (Å²) in [6.07, 6.45) is 2.78. The van der Waals surface area contributed by atoms with Gasteiger partial charge in [0.2, 0.25) is 5.91 Å². The zero-order chi connectivity index (χ0) is 14.5. The standard InChI is InChI=1S/C14H19N3O2S/c1-19-11-6-4-5-10(9-11)16-14(20)17-8-3-2-7-12(17)13(15)18/h4-6,9,12H,2-3,7-8H2,1H3,(H2,15,18)(H,16,20)/t12-/m1/s1. The lowest BCUT2D eigenvalue weighted by Crippen LogP contribution is -2.51. The van der Waals surface area contributed by atoms with Crippen molar-refractivity contribution in [2.45, 2.75) is 25.3 Å². The van der Waals surface area contributed by atoms with Crippen LogP contribution in [0.5, 0.6) is 5.75 Å². The quantitative estimate of drug-likeness (QED) is 0.831. The second-order valence-corrected chi connectivity index (χ2v) is 5.16. The molecule has 1 atom stereocenters. The summed E-state index contributed by atoms with van der Waals surface area (Å²) in [6.45, 7) is 0.753. The molecule has 0 unspecified atom stereocenters. The average molecular weight is 293 g/mol. The molecule has 6 heteroatoms. The second-order valence-electron chi connectivity index (χ2n) is 4.77. The molecule has 1 aromatic carbocycles. The number of anilines is 1. The van der Waals surface area contributed by atoms with Gasteiger partial charge in [-0.1, -0.05) is 6.07 Å². The number of nitrogens with two attached hydrogens (primary N) is 1. The summed E-state index contributed by atoms with van der Waals surface area (Å²) in [5.74, 6) is 0.433. The topological polar surface area (TPSA) is 67.6 Å². The van der Waals surface area contributed by atoms with Gasteiger partial charge in [0.25, 0.3) is 0 Å². The summed E-state index contributed by atoms with van der Waals surface area (Å²) in [5, 5.41) is 3.67. The fourth-order valence-corrected chi connectivity index (χ4v) is 2.70. The lowest BCUT2D eigenvalue weighted by atomic mass is 10.0. The van der Waals surface area contributed by atoms with E-state index in [1.54, 1.807) is 7.11 Å². The number of primary amides is 1. The Morgan fingerprint density at radius 2 is 2.30 bits per heavy atom. The number of carbonyl (C=O) groups excluding carboxylic acids is 1. The summed E-state index contributed by atoms with van der Waals surface area (Å²) >= 11 is 5.40. The molecule has 2 rings (SSSR count). The molecular formula is C14H19N3O2S. The van der Waals surface area contributed by atoms with E-state index in [9.17, 15) is 4.79 Å². The maximum absolute atomic E-state index is 11.5. The van der Waals surface area contributed by atoms with Crippen LogP contribution >= 0.6 is 12.2 Å². The number of piperidine rings is 1. The van der Waals surface area contributed by atoms with Gasteiger partial charge in [0.05, 0.1) is 7.11 Å². The minimum atomic E-state index is -0.320. The number of methoxy groups -OCH3 is 1. The van der Waals surface area contributed by atoms with Crippen LogP contribution in [-0.2, 0) is 4.79 Å². The number of likely N-dealkylation sites (tertiary alicyclic amines) is 1. The molecule has 0 aliphatic carbocycles. The van der Waals surface area contributed by atoms with Gasteiger partial charge >= 0.3 is 0 Å².